The van der Waals surface area contributed by atoms with Gasteiger partial charge in [-0.25, -0.2) is 0 Å². The van der Waals surface area contributed by atoms with Crippen LogP contribution in [0.15, 0.2) is 121 Å². The zero-order chi connectivity index (χ0) is 27.5. The SMILES string of the molecule is O=C1OC(=O)C2C1C1(Cc3ccccc3)C(=O)N(c3ccccc3)C2(c2ccccc2)N(c2ccccc2)C1=O. The number of anilines is 2. The Morgan fingerprint density at radius 3 is 1.48 bits per heavy atom. The number of amides is 2. The highest BCUT2D eigenvalue weighted by atomic mass is 16.6. The molecular weight excluding hydrogens is 504 g/mol. The van der Waals surface area contributed by atoms with Crippen LogP contribution in [0.3, 0.4) is 0 Å². The fourth-order valence-corrected chi connectivity index (χ4v) is 6.91. The van der Waals surface area contributed by atoms with Crippen LogP contribution in [-0.2, 0) is 36.0 Å². The summed E-state index contributed by atoms with van der Waals surface area (Å²) >= 11 is 0. The molecule has 4 aliphatic heterocycles. The number of esters is 2. The van der Waals surface area contributed by atoms with Gasteiger partial charge in [0.15, 0.2) is 5.66 Å². The number of piperidine rings is 2. The van der Waals surface area contributed by atoms with Gasteiger partial charge in [0.05, 0.1) is 5.92 Å². The largest absolute Gasteiger partial charge is 0.393 e. The molecule has 0 spiro atoms. The van der Waals surface area contributed by atoms with E-state index in [1.54, 1.807) is 82.6 Å². The molecule has 0 N–H and O–H groups in total. The van der Waals surface area contributed by atoms with Crippen molar-refractivity contribution in [2.75, 3.05) is 9.80 Å². The molecule has 196 valence electrons. The lowest BCUT2D eigenvalue weighted by atomic mass is 9.53. The predicted molar refractivity (Wildman–Crippen MR) is 147 cm³/mol. The second-order valence-electron chi connectivity index (χ2n) is 10.4. The third-order valence-corrected chi connectivity index (χ3v) is 8.41. The number of ether oxygens (including phenoxy) is 1. The standard InChI is InChI=1S/C33H24N2O5/c36-28-26-27(29(37)40-28)33(23-15-7-2-8-16-23)34(24-17-9-3-10-18-24)30(38)32(26,21-22-13-5-1-6-14-22)31(39)35(33)25-19-11-4-12-20-25/h1-20,26-27H,21H2. The Balaban J connectivity index is 1.63. The monoisotopic (exact) mass is 528 g/mol. The average Bonchev–Trinajstić information content (AvgIpc) is 3.31. The summed E-state index contributed by atoms with van der Waals surface area (Å²) in [4.78, 5) is 60.6. The number of hydrogen-bond acceptors (Lipinski definition) is 5. The van der Waals surface area contributed by atoms with Crippen molar-refractivity contribution in [2.45, 2.75) is 12.1 Å². The topological polar surface area (TPSA) is 84.0 Å². The summed E-state index contributed by atoms with van der Waals surface area (Å²) in [7, 11) is 0. The van der Waals surface area contributed by atoms with Crippen LogP contribution in [0.4, 0.5) is 11.4 Å². The van der Waals surface area contributed by atoms with Crippen molar-refractivity contribution in [1.29, 1.82) is 0 Å². The minimum atomic E-state index is -1.91. The maximum atomic E-state index is 15.0. The molecule has 8 rings (SSSR count). The van der Waals surface area contributed by atoms with Gasteiger partial charge >= 0.3 is 11.9 Å². The first-order valence-corrected chi connectivity index (χ1v) is 13.2. The van der Waals surface area contributed by atoms with E-state index in [-0.39, 0.29) is 6.42 Å². The lowest BCUT2D eigenvalue weighted by Crippen LogP contribution is -2.84. The van der Waals surface area contributed by atoms with Gasteiger partial charge in [-0.2, -0.15) is 0 Å². The Hall–Kier alpha value is -5.04. The molecule has 2 unspecified atom stereocenters. The van der Waals surface area contributed by atoms with E-state index >= 15 is 9.59 Å². The minimum Gasteiger partial charge on any atom is -0.393 e. The van der Waals surface area contributed by atoms with Crippen LogP contribution in [0, 0.1) is 17.3 Å². The van der Waals surface area contributed by atoms with Crippen LogP contribution in [0.1, 0.15) is 11.1 Å². The maximum Gasteiger partial charge on any atom is 0.322 e. The van der Waals surface area contributed by atoms with E-state index in [9.17, 15) is 9.59 Å². The second kappa shape index (κ2) is 8.74. The quantitative estimate of drug-likeness (QED) is 0.282. The van der Waals surface area contributed by atoms with Gasteiger partial charge in [-0.3, -0.25) is 29.0 Å². The Bertz CT molecular complexity index is 1580. The van der Waals surface area contributed by atoms with Crippen LogP contribution >= 0.6 is 0 Å². The highest BCUT2D eigenvalue weighted by Gasteiger charge is 2.82. The van der Waals surface area contributed by atoms with E-state index in [0.29, 0.717) is 22.5 Å². The van der Waals surface area contributed by atoms with E-state index in [2.05, 4.69) is 0 Å². The molecule has 2 atom stereocenters. The first-order valence-electron chi connectivity index (χ1n) is 13.2. The highest BCUT2D eigenvalue weighted by molar-refractivity contribution is 6.27. The van der Waals surface area contributed by atoms with Crippen LogP contribution < -0.4 is 9.80 Å². The Labute approximate surface area is 230 Å². The van der Waals surface area contributed by atoms with Crippen LogP contribution in [0.25, 0.3) is 0 Å². The Kier molecular flexibility index (Phi) is 5.25. The van der Waals surface area contributed by atoms with Crippen molar-refractivity contribution in [3.8, 4) is 0 Å². The van der Waals surface area contributed by atoms with Crippen molar-refractivity contribution in [3.63, 3.8) is 0 Å². The molecule has 7 nitrogen and oxygen atoms in total. The number of cyclic esters (lactones) is 2. The van der Waals surface area contributed by atoms with Gasteiger partial charge in [-0.05, 0) is 41.8 Å². The zero-order valence-corrected chi connectivity index (χ0v) is 21.3. The van der Waals surface area contributed by atoms with E-state index in [1.165, 1.54) is 0 Å². The average molecular weight is 529 g/mol. The number of carbonyl (C=O) groups excluding carboxylic acids is 4. The summed E-state index contributed by atoms with van der Waals surface area (Å²) in [5.41, 5.74) is -1.35. The summed E-state index contributed by atoms with van der Waals surface area (Å²) < 4.78 is 5.33. The molecular formula is C33H24N2O5. The molecule has 0 saturated carbocycles. The molecule has 4 heterocycles. The number of fused-ring (bicyclic) bond motifs is 2. The van der Waals surface area contributed by atoms with Gasteiger partial charge in [-0.15, -0.1) is 0 Å². The van der Waals surface area contributed by atoms with E-state index in [0.717, 1.165) is 0 Å². The van der Waals surface area contributed by atoms with Gasteiger partial charge in [-0.1, -0.05) is 97.1 Å². The number of rotatable bonds is 5. The fourth-order valence-electron chi connectivity index (χ4n) is 6.91. The normalized spacial score (nSPS) is 27.1. The first-order chi connectivity index (χ1) is 19.5. The van der Waals surface area contributed by atoms with Crippen molar-refractivity contribution in [1.82, 2.24) is 0 Å². The van der Waals surface area contributed by atoms with Gasteiger partial charge < -0.3 is 4.74 Å². The Morgan fingerprint density at radius 1 is 0.550 bits per heavy atom. The van der Waals surface area contributed by atoms with E-state index < -0.39 is 46.7 Å². The molecule has 0 aromatic heterocycles. The van der Waals surface area contributed by atoms with Gasteiger partial charge in [0.2, 0.25) is 11.8 Å². The van der Waals surface area contributed by atoms with Gasteiger partial charge in [0.1, 0.15) is 11.3 Å². The van der Waals surface area contributed by atoms with Crippen molar-refractivity contribution in [3.05, 3.63) is 132 Å². The maximum absolute atomic E-state index is 15.0. The third kappa shape index (κ3) is 3.00. The number of carbonyl (C=O) groups is 4. The molecule has 4 aromatic carbocycles. The van der Waals surface area contributed by atoms with Crippen LogP contribution in [0.5, 0.6) is 0 Å². The number of hydrogen-bond donors (Lipinski definition) is 0. The molecule has 4 aromatic rings. The lowest BCUT2D eigenvalue weighted by Gasteiger charge is -2.65. The minimum absolute atomic E-state index is 0.0629. The number of para-hydroxylation sites is 2. The molecule has 2 amide bonds. The smallest absolute Gasteiger partial charge is 0.322 e. The number of benzene rings is 4. The van der Waals surface area contributed by atoms with Crippen LogP contribution in [-0.4, -0.2) is 23.8 Å². The predicted octanol–water partition coefficient (Wildman–Crippen LogP) is 4.48. The molecule has 4 aliphatic rings. The summed E-state index contributed by atoms with van der Waals surface area (Å²) in [5.74, 6) is -5.11. The molecule has 4 saturated heterocycles. The Morgan fingerprint density at radius 2 is 0.975 bits per heavy atom. The lowest BCUT2D eigenvalue weighted by molar-refractivity contribution is -0.168. The molecule has 4 fully saturated rings. The summed E-state index contributed by atoms with van der Waals surface area (Å²) in [5, 5.41) is 0. The summed E-state index contributed by atoms with van der Waals surface area (Å²) in [6.45, 7) is 0. The summed E-state index contributed by atoms with van der Waals surface area (Å²) in [6, 6.07) is 36.1. The van der Waals surface area contributed by atoms with Gasteiger partial charge in [0, 0.05) is 11.4 Å². The molecule has 0 radical (unpaired) electrons. The van der Waals surface area contributed by atoms with Crippen LogP contribution in [0.2, 0.25) is 0 Å². The van der Waals surface area contributed by atoms with Gasteiger partial charge in [0.25, 0.3) is 0 Å². The molecule has 40 heavy (non-hydrogen) atoms. The zero-order valence-electron chi connectivity index (χ0n) is 21.3. The van der Waals surface area contributed by atoms with Crippen molar-refractivity contribution in [2.24, 2.45) is 17.3 Å². The van der Waals surface area contributed by atoms with E-state index in [4.69, 9.17) is 4.74 Å². The first kappa shape index (κ1) is 24.0. The van der Waals surface area contributed by atoms with E-state index in [1.807, 2.05) is 48.5 Å². The second-order valence-corrected chi connectivity index (χ2v) is 10.4. The third-order valence-electron chi connectivity index (χ3n) is 8.41. The molecule has 7 heteroatoms. The van der Waals surface area contributed by atoms with Crippen molar-refractivity contribution >= 4 is 35.1 Å². The molecule has 0 aliphatic carbocycles. The number of nitrogens with zero attached hydrogens (tertiary/aromatic N) is 2. The fraction of sp³-hybridized carbons (Fsp3) is 0.152. The van der Waals surface area contributed by atoms with Crippen molar-refractivity contribution < 1.29 is 23.9 Å². The summed E-state index contributed by atoms with van der Waals surface area (Å²) in [6.07, 6.45) is -0.0629. The highest BCUT2D eigenvalue weighted by Crippen LogP contribution is 2.64. The molecule has 2 bridgehead atoms.